The predicted octanol–water partition coefficient (Wildman–Crippen LogP) is 1.92. The third-order valence-corrected chi connectivity index (χ3v) is 5.48. The molecule has 0 spiro atoms. The van der Waals surface area contributed by atoms with Gasteiger partial charge in [0.2, 0.25) is 11.8 Å². The molecule has 0 aliphatic carbocycles. The summed E-state index contributed by atoms with van der Waals surface area (Å²) in [5.74, 6) is -0.747. The number of carbonyl (C=O) groups is 3. The second-order valence-electron chi connectivity index (χ2n) is 6.79. The number of rotatable bonds is 4. The number of benzene rings is 1. The summed E-state index contributed by atoms with van der Waals surface area (Å²) in [6.45, 7) is 4.97. The van der Waals surface area contributed by atoms with E-state index in [1.54, 1.807) is 11.0 Å². The summed E-state index contributed by atoms with van der Waals surface area (Å²) in [7, 11) is 1.33. The van der Waals surface area contributed by atoms with Crippen molar-refractivity contribution in [3.05, 3.63) is 23.2 Å². The molecule has 146 valence electrons. The number of nitrogens with zero attached hydrogens (tertiary/aromatic N) is 3. The Balaban J connectivity index is 1.69. The standard InChI is InChI=1S/C19H24ClN3O4/c1-3-17(24)22-8-6-21(7-9-22)16-5-4-14(11-15(16)20)23-12-13(10-18(23)25)19(26)27-2/h4-5,11,13H,3,6-10,12H2,1-2H3/t13-/m0/s1. The fraction of sp³-hybridized carbons (Fsp3) is 0.526. The SMILES string of the molecule is CCC(=O)N1CCN(c2ccc(N3C[C@@H](C(=O)OC)CC3=O)cc2Cl)CC1. The molecule has 0 unspecified atom stereocenters. The largest absolute Gasteiger partial charge is 0.469 e. The van der Waals surface area contributed by atoms with Gasteiger partial charge in [-0.1, -0.05) is 18.5 Å². The lowest BCUT2D eigenvalue weighted by Gasteiger charge is -2.36. The number of halogens is 1. The highest BCUT2D eigenvalue weighted by atomic mass is 35.5. The Hall–Kier alpha value is -2.28. The van der Waals surface area contributed by atoms with Crippen LogP contribution in [0.5, 0.6) is 0 Å². The number of esters is 1. The van der Waals surface area contributed by atoms with Crippen molar-refractivity contribution >= 4 is 40.8 Å². The van der Waals surface area contributed by atoms with Gasteiger partial charge in [-0.3, -0.25) is 14.4 Å². The molecule has 0 radical (unpaired) electrons. The smallest absolute Gasteiger partial charge is 0.311 e. The Morgan fingerprint density at radius 3 is 2.52 bits per heavy atom. The maximum absolute atomic E-state index is 12.3. The fourth-order valence-electron chi connectivity index (χ4n) is 3.62. The van der Waals surface area contributed by atoms with E-state index in [0.717, 1.165) is 18.8 Å². The molecule has 27 heavy (non-hydrogen) atoms. The lowest BCUT2D eigenvalue weighted by molar-refractivity contribution is -0.145. The average Bonchev–Trinajstić information content (AvgIpc) is 3.08. The first-order valence-electron chi connectivity index (χ1n) is 9.15. The monoisotopic (exact) mass is 393 g/mol. The van der Waals surface area contributed by atoms with Crippen LogP contribution in [0.25, 0.3) is 0 Å². The van der Waals surface area contributed by atoms with E-state index >= 15 is 0 Å². The fourth-order valence-corrected chi connectivity index (χ4v) is 3.92. The van der Waals surface area contributed by atoms with Crippen LogP contribution in [0.3, 0.4) is 0 Å². The molecule has 0 bridgehead atoms. The number of hydrogen-bond donors (Lipinski definition) is 0. The van der Waals surface area contributed by atoms with Crippen molar-refractivity contribution in [2.45, 2.75) is 19.8 Å². The summed E-state index contributed by atoms with van der Waals surface area (Å²) in [6.07, 6.45) is 0.672. The lowest BCUT2D eigenvalue weighted by atomic mass is 10.1. The van der Waals surface area contributed by atoms with Crippen LogP contribution in [0.2, 0.25) is 5.02 Å². The van der Waals surface area contributed by atoms with Crippen molar-refractivity contribution < 1.29 is 19.1 Å². The molecule has 1 aromatic carbocycles. The minimum atomic E-state index is -0.440. The second-order valence-corrected chi connectivity index (χ2v) is 7.19. The van der Waals surface area contributed by atoms with Gasteiger partial charge in [0.05, 0.1) is 23.7 Å². The summed E-state index contributed by atoms with van der Waals surface area (Å²) in [4.78, 5) is 41.4. The first-order chi connectivity index (χ1) is 12.9. The predicted molar refractivity (Wildman–Crippen MR) is 103 cm³/mol. The molecule has 1 aromatic rings. The third kappa shape index (κ3) is 4.03. The molecular formula is C19H24ClN3O4. The molecule has 0 saturated carbocycles. The van der Waals surface area contributed by atoms with E-state index < -0.39 is 5.92 Å². The van der Waals surface area contributed by atoms with Crippen LogP contribution in [0, 0.1) is 5.92 Å². The zero-order valence-electron chi connectivity index (χ0n) is 15.6. The summed E-state index contributed by atoms with van der Waals surface area (Å²) in [5.41, 5.74) is 1.57. The van der Waals surface area contributed by atoms with E-state index in [0.29, 0.717) is 36.8 Å². The Bertz CT molecular complexity index is 746. The summed E-state index contributed by atoms with van der Waals surface area (Å²) in [5, 5.41) is 0.553. The average molecular weight is 394 g/mol. The molecule has 2 heterocycles. The summed E-state index contributed by atoms with van der Waals surface area (Å²) >= 11 is 6.49. The van der Waals surface area contributed by atoms with Crippen LogP contribution in [-0.4, -0.2) is 62.5 Å². The molecule has 3 rings (SSSR count). The van der Waals surface area contributed by atoms with Gasteiger partial charge in [0.15, 0.2) is 0 Å². The minimum Gasteiger partial charge on any atom is -0.469 e. The normalized spacial score (nSPS) is 20.2. The number of hydrogen-bond acceptors (Lipinski definition) is 5. The molecule has 2 saturated heterocycles. The Kier molecular flexibility index (Phi) is 5.89. The molecule has 2 aliphatic rings. The van der Waals surface area contributed by atoms with Gasteiger partial charge in [0.1, 0.15) is 0 Å². The van der Waals surface area contributed by atoms with Gasteiger partial charge in [-0.25, -0.2) is 0 Å². The van der Waals surface area contributed by atoms with Crippen molar-refractivity contribution in [3.63, 3.8) is 0 Å². The highest BCUT2D eigenvalue weighted by molar-refractivity contribution is 6.33. The number of anilines is 2. The topological polar surface area (TPSA) is 70.2 Å². The van der Waals surface area contributed by atoms with Gasteiger partial charge in [-0.05, 0) is 18.2 Å². The van der Waals surface area contributed by atoms with E-state index in [2.05, 4.69) is 4.90 Å². The molecule has 1 atom stereocenters. The Morgan fingerprint density at radius 2 is 1.93 bits per heavy atom. The maximum Gasteiger partial charge on any atom is 0.311 e. The van der Waals surface area contributed by atoms with Crippen molar-refractivity contribution in [1.29, 1.82) is 0 Å². The third-order valence-electron chi connectivity index (χ3n) is 5.18. The Morgan fingerprint density at radius 1 is 1.22 bits per heavy atom. The zero-order chi connectivity index (χ0) is 19.6. The molecule has 2 fully saturated rings. The van der Waals surface area contributed by atoms with Gasteiger partial charge in [0, 0.05) is 51.3 Å². The van der Waals surface area contributed by atoms with Crippen LogP contribution >= 0.6 is 11.6 Å². The number of methoxy groups -OCH3 is 1. The van der Waals surface area contributed by atoms with Crippen molar-refractivity contribution in [2.75, 3.05) is 49.6 Å². The number of piperazine rings is 1. The molecular weight excluding hydrogens is 370 g/mol. The van der Waals surface area contributed by atoms with Crippen LogP contribution in [-0.2, 0) is 19.1 Å². The van der Waals surface area contributed by atoms with E-state index in [9.17, 15) is 14.4 Å². The van der Waals surface area contributed by atoms with Crippen molar-refractivity contribution in [3.8, 4) is 0 Å². The van der Waals surface area contributed by atoms with Gasteiger partial charge in [0.25, 0.3) is 0 Å². The van der Waals surface area contributed by atoms with Gasteiger partial charge in [-0.2, -0.15) is 0 Å². The summed E-state index contributed by atoms with van der Waals surface area (Å²) in [6, 6.07) is 5.51. The second kappa shape index (κ2) is 8.17. The highest BCUT2D eigenvalue weighted by Gasteiger charge is 2.36. The van der Waals surface area contributed by atoms with Crippen LogP contribution in [0.4, 0.5) is 11.4 Å². The van der Waals surface area contributed by atoms with E-state index in [1.807, 2.05) is 24.0 Å². The number of amides is 2. The van der Waals surface area contributed by atoms with E-state index in [1.165, 1.54) is 7.11 Å². The number of carbonyl (C=O) groups excluding carboxylic acids is 3. The minimum absolute atomic E-state index is 0.110. The molecule has 7 nitrogen and oxygen atoms in total. The first kappa shape index (κ1) is 19.5. The van der Waals surface area contributed by atoms with Crippen LogP contribution in [0.15, 0.2) is 18.2 Å². The van der Waals surface area contributed by atoms with Gasteiger partial charge < -0.3 is 19.4 Å². The molecule has 0 N–H and O–H groups in total. The maximum atomic E-state index is 12.3. The van der Waals surface area contributed by atoms with Gasteiger partial charge >= 0.3 is 5.97 Å². The lowest BCUT2D eigenvalue weighted by Crippen LogP contribution is -2.48. The molecule has 0 aromatic heterocycles. The van der Waals surface area contributed by atoms with E-state index in [4.69, 9.17) is 16.3 Å². The first-order valence-corrected chi connectivity index (χ1v) is 9.52. The van der Waals surface area contributed by atoms with Crippen molar-refractivity contribution in [2.24, 2.45) is 5.92 Å². The molecule has 8 heteroatoms. The van der Waals surface area contributed by atoms with Crippen LogP contribution < -0.4 is 9.80 Å². The van der Waals surface area contributed by atoms with E-state index in [-0.39, 0.29) is 24.2 Å². The highest BCUT2D eigenvalue weighted by Crippen LogP contribution is 2.33. The molecule has 2 amide bonds. The quantitative estimate of drug-likeness (QED) is 0.731. The van der Waals surface area contributed by atoms with Crippen LogP contribution in [0.1, 0.15) is 19.8 Å². The summed E-state index contributed by atoms with van der Waals surface area (Å²) < 4.78 is 4.74. The number of ether oxygens (including phenoxy) is 1. The van der Waals surface area contributed by atoms with Crippen molar-refractivity contribution in [1.82, 2.24) is 4.90 Å². The Labute approximate surface area is 163 Å². The molecule has 2 aliphatic heterocycles. The zero-order valence-corrected chi connectivity index (χ0v) is 16.4. The van der Waals surface area contributed by atoms with Gasteiger partial charge in [-0.15, -0.1) is 0 Å².